The normalized spacial score (nSPS) is 12.0. The van der Waals surface area contributed by atoms with Crippen molar-refractivity contribution in [1.82, 2.24) is 4.98 Å². The van der Waals surface area contributed by atoms with Gasteiger partial charge in [0.25, 0.3) is 0 Å². The second kappa shape index (κ2) is 3.66. The number of halogens is 3. The van der Waals surface area contributed by atoms with Gasteiger partial charge in [-0.3, -0.25) is 0 Å². The van der Waals surface area contributed by atoms with Crippen LogP contribution < -0.4 is 0 Å². The van der Waals surface area contributed by atoms with Crippen LogP contribution in [0.1, 0.15) is 10.7 Å². The van der Waals surface area contributed by atoms with Crippen LogP contribution in [0.25, 0.3) is 0 Å². The van der Waals surface area contributed by atoms with Gasteiger partial charge in [-0.2, -0.15) is 24.9 Å². The summed E-state index contributed by atoms with van der Waals surface area (Å²) < 4.78 is 35.9. The summed E-state index contributed by atoms with van der Waals surface area (Å²) in [6, 6.07) is 0. The molecule has 0 amide bonds. The number of alkyl halides is 3. The average molecular weight is 213 g/mol. The van der Waals surface area contributed by atoms with Gasteiger partial charge >= 0.3 is 6.18 Å². The minimum absolute atomic E-state index is 0.500. The molecule has 0 saturated carbocycles. The molecule has 0 aliphatic carbocycles. The van der Waals surface area contributed by atoms with Gasteiger partial charge in [0.15, 0.2) is 5.01 Å². The van der Waals surface area contributed by atoms with Gasteiger partial charge in [-0.1, -0.05) is 0 Å². The van der Waals surface area contributed by atoms with E-state index < -0.39 is 11.2 Å². The van der Waals surface area contributed by atoms with Crippen LogP contribution in [0.2, 0.25) is 0 Å². The van der Waals surface area contributed by atoms with Crippen LogP contribution in [0.15, 0.2) is 5.38 Å². The maximum atomic E-state index is 12.0. The molecule has 0 bridgehead atoms. The van der Waals surface area contributed by atoms with E-state index in [0.29, 0.717) is 22.8 Å². The Morgan fingerprint density at radius 1 is 1.58 bits per heavy atom. The summed E-state index contributed by atoms with van der Waals surface area (Å²) >= 11 is 2.10. The van der Waals surface area contributed by atoms with Crippen LogP contribution in [0.4, 0.5) is 13.2 Å². The van der Waals surface area contributed by atoms with E-state index in [9.17, 15) is 13.2 Å². The van der Waals surface area contributed by atoms with E-state index in [1.165, 1.54) is 17.1 Å². The van der Waals surface area contributed by atoms with Gasteiger partial charge < -0.3 is 0 Å². The van der Waals surface area contributed by atoms with Crippen molar-refractivity contribution >= 4 is 23.1 Å². The first kappa shape index (κ1) is 9.85. The Bertz CT molecular complexity index is 256. The number of thiazole rings is 1. The van der Waals surface area contributed by atoms with Crippen LogP contribution in [0.3, 0.4) is 0 Å². The first-order valence-corrected chi connectivity index (χ1v) is 5.32. The average Bonchev–Trinajstić information content (AvgIpc) is 2.35. The lowest BCUT2D eigenvalue weighted by Crippen LogP contribution is -2.03. The highest BCUT2D eigenvalue weighted by Gasteiger charge is 2.34. The van der Waals surface area contributed by atoms with E-state index in [-0.39, 0.29) is 0 Å². The number of hydrogen-bond acceptors (Lipinski definition) is 3. The van der Waals surface area contributed by atoms with Gasteiger partial charge in [0.05, 0.1) is 5.69 Å². The number of thioether (sulfide) groups is 1. The molecule has 6 heteroatoms. The van der Waals surface area contributed by atoms with E-state index in [0.717, 1.165) is 0 Å². The third kappa shape index (κ3) is 2.38. The summed E-state index contributed by atoms with van der Waals surface area (Å²) in [4.78, 5) is 3.44. The molecule has 0 atom stereocenters. The molecule has 1 rings (SSSR count). The molecule has 0 aromatic carbocycles. The van der Waals surface area contributed by atoms with Gasteiger partial charge in [-0.15, -0.1) is 11.3 Å². The van der Waals surface area contributed by atoms with Crippen LogP contribution >= 0.6 is 23.1 Å². The summed E-state index contributed by atoms with van der Waals surface area (Å²) in [7, 11) is 0. The summed E-state index contributed by atoms with van der Waals surface area (Å²) in [6.07, 6.45) is -2.46. The lowest BCUT2D eigenvalue weighted by Gasteiger charge is -1.98. The van der Waals surface area contributed by atoms with Gasteiger partial charge in [-0.05, 0) is 6.26 Å². The molecule has 0 aliphatic heterocycles. The number of hydrogen-bond donors (Lipinski definition) is 0. The van der Waals surface area contributed by atoms with Crippen molar-refractivity contribution in [3.8, 4) is 0 Å². The van der Waals surface area contributed by atoms with Crippen LogP contribution in [0.5, 0.6) is 0 Å². The third-order valence-electron chi connectivity index (χ3n) is 1.09. The Morgan fingerprint density at radius 3 is 2.67 bits per heavy atom. The number of aromatic nitrogens is 1. The topological polar surface area (TPSA) is 12.9 Å². The standard InChI is InChI=1S/C6H6F3NS2/c1-11-2-4-3-12-5(10-4)6(7,8)9/h3H,2H2,1H3. The second-order valence-corrected chi connectivity index (χ2v) is 3.80. The first-order chi connectivity index (χ1) is 5.54. The summed E-state index contributed by atoms with van der Waals surface area (Å²) in [6.45, 7) is 0. The fraction of sp³-hybridized carbons (Fsp3) is 0.500. The van der Waals surface area contributed by atoms with Crippen LogP contribution in [-0.2, 0) is 11.9 Å². The molecular formula is C6H6F3NS2. The predicted octanol–water partition coefficient (Wildman–Crippen LogP) is 3.02. The second-order valence-electron chi connectivity index (χ2n) is 2.07. The minimum Gasteiger partial charge on any atom is -0.236 e. The van der Waals surface area contributed by atoms with Crippen molar-refractivity contribution < 1.29 is 13.2 Å². The molecule has 0 fully saturated rings. The monoisotopic (exact) mass is 213 g/mol. The predicted molar refractivity (Wildman–Crippen MR) is 44.3 cm³/mol. The fourth-order valence-corrected chi connectivity index (χ4v) is 1.89. The van der Waals surface area contributed by atoms with E-state index in [1.807, 2.05) is 6.26 Å². The van der Waals surface area contributed by atoms with Crippen molar-refractivity contribution in [3.05, 3.63) is 16.1 Å². The molecule has 1 aromatic heterocycles. The van der Waals surface area contributed by atoms with Crippen LogP contribution in [0, 0.1) is 0 Å². The molecule has 0 spiro atoms. The quantitative estimate of drug-likeness (QED) is 0.749. The Hall–Kier alpha value is -0.230. The van der Waals surface area contributed by atoms with Crippen molar-refractivity contribution in [3.63, 3.8) is 0 Å². The third-order valence-corrected chi connectivity index (χ3v) is 2.61. The van der Waals surface area contributed by atoms with E-state index in [4.69, 9.17) is 0 Å². The first-order valence-electron chi connectivity index (χ1n) is 3.04. The van der Waals surface area contributed by atoms with E-state index in [1.54, 1.807) is 0 Å². The smallest absolute Gasteiger partial charge is 0.236 e. The maximum absolute atomic E-state index is 12.0. The number of rotatable bonds is 2. The van der Waals surface area contributed by atoms with Crippen molar-refractivity contribution in [2.75, 3.05) is 6.26 Å². The van der Waals surface area contributed by atoms with Crippen molar-refractivity contribution in [1.29, 1.82) is 0 Å². The molecule has 12 heavy (non-hydrogen) atoms. The van der Waals surface area contributed by atoms with Crippen molar-refractivity contribution in [2.24, 2.45) is 0 Å². The molecule has 0 saturated heterocycles. The summed E-state index contributed by atoms with van der Waals surface area (Å²) in [5, 5.41) is 0.686. The highest BCUT2D eigenvalue weighted by molar-refractivity contribution is 7.97. The Kier molecular flexibility index (Phi) is 3.00. The molecule has 0 unspecified atom stereocenters. The SMILES string of the molecule is CSCc1csc(C(F)(F)F)n1. The van der Waals surface area contributed by atoms with Gasteiger partial charge in [-0.25, -0.2) is 4.98 Å². The zero-order chi connectivity index (χ0) is 9.19. The Morgan fingerprint density at radius 2 is 2.25 bits per heavy atom. The van der Waals surface area contributed by atoms with Gasteiger partial charge in [0.1, 0.15) is 0 Å². The van der Waals surface area contributed by atoms with Crippen molar-refractivity contribution in [2.45, 2.75) is 11.9 Å². The summed E-state index contributed by atoms with van der Waals surface area (Å²) in [5.74, 6) is 0.534. The molecule has 0 aliphatic rings. The zero-order valence-electron chi connectivity index (χ0n) is 6.18. The number of nitrogens with zero attached hydrogens (tertiary/aromatic N) is 1. The highest BCUT2D eigenvalue weighted by Crippen LogP contribution is 2.32. The zero-order valence-corrected chi connectivity index (χ0v) is 7.82. The summed E-state index contributed by atoms with van der Waals surface area (Å²) in [5.41, 5.74) is 0.500. The fourth-order valence-electron chi connectivity index (χ4n) is 0.651. The molecule has 1 heterocycles. The molecule has 0 N–H and O–H groups in total. The Labute approximate surface area is 76.0 Å². The lowest BCUT2D eigenvalue weighted by atomic mass is 10.6. The highest BCUT2D eigenvalue weighted by atomic mass is 32.2. The molecule has 1 aromatic rings. The Balaban J connectivity index is 2.77. The van der Waals surface area contributed by atoms with E-state index >= 15 is 0 Å². The molecule has 68 valence electrons. The largest absolute Gasteiger partial charge is 0.443 e. The van der Waals surface area contributed by atoms with E-state index in [2.05, 4.69) is 4.98 Å². The molecule has 1 nitrogen and oxygen atoms in total. The minimum atomic E-state index is -4.29. The van der Waals surface area contributed by atoms with Crippen LogP contribution in [-0.4, -0.2) is 11.2 Å². The lowest BCUT2D eigenvalue weighted by molar-refractivity contribution is -0.137. The van der Waals surface area contributed by atoms with Gasteiger partial charge in [0, 0.05) is 11.1 Å². The molecular weight excluding hydrogens is 207 g/mol. The molecule has 0 radical (unpaired) electrons. The van der Waals surface area contributed by atoms with Gasteiger partial charge in [0.2, 0.25) is 0 Å². The maximum Gasteiger partial charge on any atom is 0.443 e.